The zero-order valence-corrected chi connectivity index (χ0v) is 10.8. The van der Waals surface area contributed by atoms with Crippen LogP contribution in [0.2, 0.25) is 0 Å². The molecule has 1 aromatic carbocycles. The fourth-order valence-corrected chi connectivity index (χ4v) is 2.59. The lowest BCUT2D eigenvalue weighted by atomic mass is 10.3. The van der Waals surface area contributed by atoms with Crippen LogP contribution in [0.1, 0.15) is 5.01 Å². The van der Waals surface area contributed by atoms with Crippen molar-refractivity contribution in [2.75, 3.05) is 0 Å². The molecule has 1 heterocycles. The van der Waals surface area contributed by atoms with Crippen LogP contribution in [-0.2, 0) is 4.57 Å². The third-order valence-electron chi connectivity index (χ3n) is 2.10. The molecule has 0 fully saturated rings. The van der Waals surface area contributed by atoms with Crippen molar-refractivity contribution in [2.24, 2.45) is 0 Å². The summed E-state index contributed by atoms with van der Waals surface area (Å²) in [5.41, 5.74) is 0.866. The molecule has 0 spiro atoms. The van der Waals surface area contributed by atoms with Crippen molar-refractivity contribution in [3.8, 4) is 16.6 Å². The molecule has 0 saturated heterocycles. The van der Waals surface area contributed by atoms with Crippen LogP contribution in [0.3, 0.4) is 0 Å². The van der Waals surface area contributed by atoms with Crippen molar-refractivity contribution in [1.82, 2.24) is 0 Å². The Balaban J connectivity index is 0.00000144. The van der Waals surface area contributed by atoms with Gasteiger partial charge in [0.25, 0.3) is 5.06 Å². The maximum atomic E-state index is 10.5. The summed E-state index contributed by atoms with van der Waals surface area (Å²) < 4.78 is 17.2. The first-order valence-electron chi connectivity index (χ1n) is 4.58. The van der Waals surface area contributed by atoms with Crippen LogP contribution in [0.4, 0.5) is 0 Å². The van der Waals surface area contributed by atoms with Gasteiger partial charge in [-0.2, -0.15) is 4.52 Å². The maximum absolute atomic E-state index is 10.5. The molecule has 1 atom stereocenters. The summed E-state index contributed by atoms with van der Waals surface area (Å²) >= 11 is 1.19. The zero-order valence-electron chi connectivity index (χ0n) is 8.95. The van der Waals surface area contributed by atoms with Crippen LogP contribution in [0.5, 0.6) is 10.9 Å². The lowest BCUT2D eigenvalue weighted by molar-refractivity contribution is -0.601. The van der Waals surface area contributed by atoms with Crippen LogP contribution < -0.4 is 9.09 Å². The fourth-order valence-electron chi connectivity index (χ4n) is 1.47. The molecule has 2 aromatic rings. The van der Waals surface area contributed by atoms with E-state index >= 15 is 0 Å². The molecule has 0 saturated carbocycles. The molecule has 0 aliphatic heterocycles. The van der Waals surface area contributed by atoms with Crippen molar-refractivity contribution >= 4 is 20.0 Å². The molecule has 1 aromatic heterocycles. The van der Waals surface area contributed by atoms with Crippen LogP contribution in [-0.4, -0.2) is 10.6 Å². The third kappa shape index (κ3) is 2.61. The van der Waals surface area contributed by atoms with E-state index in [0.717, 1.165) is 10.7 Å². The lowest BCUT2D eigenvalue weighted by Gasteiger charge is -1.93. The van der Waals surface area contributed by atoms with Crippen molar-refractivity contribution in [1.29, 1.82) is 0 Å². The van der Waals surface area contributed by atoms with Crippen molar-refractivity contribution in [3.05, 3.63) is 35.3 Å². The summed E-state index contributed by atoms with van der Waals surface area (Å²) in [4.78, 5) is 0. The molecule has 90 valence electrons. The molecule has 5 nitrogen and oxygen atoms in total. The first kappa shape index (κ1) is 13.6. The Morgan fingerprint density at radius 1 is 1.35 bits per heavy atom. The van der Waals surface area contributed by atoms with Crippen LogP contribution in [0, 0.1) is 6.92 Å². The minimum absolute atomic E-state index is 0. The molecule has 0 bridgehead atoms. The molecule has 2 rings (SSSR count). The van der Waals surface area contributed by atoms with Crippen molar-refractivity contribution < 1.29 is 24.2 Å². The summed E-state index contributed by atoms with van der Waals surface area (Å²) in [7, 11) is -0.938. The van der Waals surface area contributed by atoms with E-state index in [1.807, 2.05) is 37.3 Å². The molecule has 2 N–H and O–H groups in total. The van der Waals surface area contributed by atoms with E-state index in [2.05, 4.69) is 0 Å². The van der Waals surface area contributed by atoms with Gasteiger partial charge in [0.05, 0.1) is 0 Å². The van der Waals surface area contributed by atoms with E-state index in [1.54, 1.807) is 4.57 Å². The number of hydrogen-bond acceptors (Lipinski definition) is 5. The smallest absolute Gasteiger partial charge is 0.548 e. The summed E-state index contributed by atoms with van der Waals surface area (Å²) in [6.45, 7) is 1.86. The van der Waals surface area contributed by atoms with Gasteiger partial charge in [0.1, 0.15) is 0 Å². The van der Waals surface area contributed by atoms with Crippen LogP contribution in [0.25, 0.3) is 5.69 Å². The SMILES string of the molecule is Cc1sc(O)c(O[PH+]=O)[n+]1-c1ccccc1.[OH-]. The first-order chi connectivity index (χ1) is 7.74. The number of aromatic hydroxyl groups is 1. The van der Waals surface area contributed by atoms with E-state index in [9.17, 15) is 9.67 Å². The molecule has 0 radical (unpaired) electrons. The highest BCUT2D eigenvalue weighted by atomic mass is 32.1. The molecule has 17 heavy (non-hydrogen) atoms. The predicted molar refractivity (Wildman–Crippen MR) is 63.8 cm³/mol. The van der Waals surface area contributed by atoms with Gasteiger partial charge in [0, 0.05) is 19.1 Å². The highest BCUT2D eigenvalue weighted by Gasteiger charge is 2.30. The van der Waals surface area contributed by atoms with E-state index < -0.39 is 8.69 Å². The first-order valence-corrected chi connectivity index (χ1v) is 6.21. The topological polar surface area (TPSA) is 80.4 Å². The van der Waals surface area contributed by atoms with Gasteiger partial charge >= 0.3 is 14.6 Å². The Kier molecular flexibility index (Phi) is 4.57. The number of para-hydroxylation sites is 1. The second kappa shape index (κ2) is 5.72. The highest BCUT2D eigenvalue weighted by Crippen LogP contribution is 2.33. The van der Waals surface area contributed by atoms with Gasteiger partial charge < -0.3 is 10.6 Å². The number of aromatic nitrogens is 1. The van der Waals surface area contributed by atoms with Gasteiger partial charge in [-0.25, -0.2) is 0 Å². The highest BCUT2D eigenvalue weighted by molar-refractivity contribution is 7.18. The van der Waals surface area contributed by atoms with Crippen molar-refractivity contribution in [3.63, 3.8) is 0 Å². The fraction of sp³-hybridized carbons (Fsp3) is 0.100. The average Bonchev–Trinajstić information content (AvgIpc) is 2.56. The normalized spacial score (nSPS) is 9.94. The van der Waals surface area contributed by atoms with Gasteiger partial charge in [-0.3, -0.25) is 0 Å². The summed E-state index contributed by atoms with van der Waals surface area (Å²) in [6.07, 6.45) is 0. The van der Waals surface area contributed by atoms with Gasteiger partial charge in [-0.15, -0.1) is 4.57 Å². The Morgan fingerprint density at radius 3 is 2.59 bits per heavy atom. The average molecular weight is 272 g/mol. The number of rotatable bonds is 3. The number of thiazole rings is 1. The quantitative estimate of drug-likeness (QED) is 0.686. The number of benzene rings is 1. The van der Waals surface area contributed by atoms with E-state index in [0.29, 0.717) is 0 Å². The van der Waals surface area contributed by atoms with Gasteiger partial charge in [-0.05, 0) is 15.9 Å². The number of hydrogen-bond donors (Lipinski definition) is 1. The molecular formula is C10H11NO4PS+. The summed E-state index contributed by atoms with van der Waals surface area (Å²) in [5, 5.41) is 10.5. The molecular weight excluding hydrogens is 261 g/mol. The van der Waals surface area contributed by atoms with E-state index in [-0.39, 0.29) is 16.4 Å². The molecule has 0 aliphatic rings. The Morgan fingerprint density at radius 2 is 2.00 bits per heavy atom. The molecule has 0 aliphatic carbocycles. The molecule has 7 heteroatoms. The second-order valence-electron chi connectivity index (χ2n) is 3.09. The van der Waals surface area contributed by atoms with Gasteiger partial charge in [0.2, 0.25) is 10.7 Å². The Labute approximate surface area is 104 Å². The number of nitrogens with zero attached hydrogens (tertiary/aromatic N) is 1. The standard InChI is InChI=1S/C10H9NO3PS.H2O/c1-7-11(8-5-3-2-4-6-8)9(14-15-13)10(12)16-7;/h2-6,15H,1H3;1H2/q+1;. The summed E-state index contributed by atoms with van der Waals surface area (Å²) in [5.74, 6) is 0.224. The predicted octanol–water partition coefficient (Wildman–Crippen LogP) is 2.18. The van der Waals surface area contributed by atoms with Crippen LogP contribution in [0.15, 0.2) is 30.3 Å². The maximum Gasteiger partial charge on any atom is 0.548 e. The molecule has 1 unspecified atom stereocenters. The van der Waals surface area contributed by atoms with E-state index in [4.69, 9.17) is 4.52 Å². The third-order valence-corrected chi connectivity index (χ3v) is 3.22. The second-order valence-corrected chi connectivity index (χ2v) is 4.64. The Hall–Kier alpha value is -1.49. The molecule has 0 amide bonds. The van der Waals surface area contributed by atoms with Gasteiger partial charge in [-0.1, -0.05) is 18.2 Å². The summed E-state index contributed by atoms with van der Waals surface area (Å²) in [6, 6.07) is 9.46. The number of aryl methyl sites for hydroxylation is 1. The largest absolute Gasteiger partial charge is 0.870 e. The zero-order chi connectivity index (χ0) is 11.5. The van der Waals surface area contributed by atoms with Crippen molar-refractivity contribution in [2.45, 2.75) is 6.92 Å². The monoisotopic (exact) mass is 272 g/mol. The Bertz CT molecular complexity index is 515. The van der Waals surface area contributed by atoms with Crippen LogP contribution >= 0.6 is 20.0 Å². The van der Waals surface area contributed by atoms with E-state index in [1.165, 1.54) is 11.3 Å². The lowest BCUT2D eigenvalue weighted by Crippen LogP contribution is -2.32. The minimum atomic E-state index is -0.938. The van der Waals surface area contributed by atoms with Gasteiger partial charge in [0.15, 0.2) is 0 Å². The minimum Gasteiger partial charge on any atom is -0.870 e.